The lowest BCUT2D eigenvalue weighted by atomic mass is 9.96. The van der Waals surface area contributed by atoms with E-state index in [2.05, 4.69) is 0 Å². The number of hydrogen-bond acceptors (Lipinski definition) is 7. The molecule has 0 amide bonds. The first-order valence-corrected chi connectivity index (χ1v) is 5.41. The van der Waals surface area contributed by atoms with Crippen LogP contribution in [0.2, 0.25) is 0 Å². The van der Waals surface area contributed by atoms with E-state index in [0.29, 0.717) is 0 Å². The third-order valence-corrected chi connectivity index (χ3v) is 2.00. The fourth-order valence-electron chi connectivity index (χ4n) is 0.990. The normalized spacial score (nSPS) is 11.5. The van der Waals surface area contributed by atoms with Crippen LogP contribution in [0, 0.1) is 0 Å². The van der Waals surface area contributed by atoms with Crippen LogP contribution in [-0.2, 0) is 24.0 Å². The maximum Gasteiger partial charge on any atom is 0.336 e. The number of aliphatic hydroxyl groups is 1. The van der Waals surface area contributed by atoms with Crippen LogP contribution in [-0.4, -0.2) is 72.1 Å². The van der Waals surface area contributed by atoms with Gasteiger partial charge in [-0.3, -0.25) is 19.2 Å². The Morgan fingerprint density at radius 1 is 0.818 bits per heavy atom. The quantitative estimate of drug-likeness (QED) is 0.248. The summed E-state index contributed by atoms with van der Waals surface area (Å²) in [4.78, 5) is 50.1. The zero-order chi connectivity index (χ0) is 18.1. The first-order chi connectivity index (χ1) is 9.81. The summed E-state index contributed by atoms with van der Waals surface area (Å²) in [5, 5.41) is 49.8. The molecule has 1 unspecified atom stereocenters. The molecule has 126 valence electrons. The van der Waals surface area contributed by atoms with Crippen molar-refractivity contribution < 1.29 is 54.6 Å². The summed E-state index contributed by atoms with van der Waals surface area (Å²) in [6.07, 6.45) is -2.82. The lowest BCUT2D eigenvalue weighted by Crippen LogP contribution is -2.42. The van der Waals surface area contributed by atoms with Crippen molar-refractivity contribution in [1.82, 2.24) is 0 Å². The van der Waals surface area contributed by atoms with Crippen LogP contribution < -0.4 is 5.73 Å². The molecule has 0 aliphatic heterocycles. The van der Waals surface area contributed by atoms with E-state index in [1.165, 1.54) is 0 Å². The molecule has 12 heteroatoms. The van der Waals surface area contributed by atoms with Crippen molar-refractivity contribution in [2.24, 2.45) is 5.73 Å². The minimum absolute atomic E-state index is 0.532. The van der Waals surface area contributed by atoms with Gasteiger partial charge < -0.3 is 36.4 Å². The third-order valence-electron chi connectivity index (χ3n) is 2.00. The molecule has 12 nitrogen and oxygen atoms in total. The molecule has 0 fully saturated rings. The van der Waals surface area contributed by atoms with Crippen molar-refractivity contribution in [3.05, 3.63) is 0 Å². The topological polar surface area (TPSA) is 233 Å². The highest BCUT2D eigenvalue weighted by molar-refractivity contribution is 5.88. The summed E-state index contributed by atoms with van der Waals surface area (Å²) in [6, 6.07) is -1.29. The number of carboxylic acid groups (broad SMARTS) is 5. The molecule has 1 atom stereocenters. The minimum Gasteiger partial charge on any atom is -0.481 e. The van der Waals surface area contributed by atoms with Gasteiger partial charge in [0.2, 0.25) is 0 Å². The molecule has 0 saturated heterocycles. The average molecular weight is 325 g/mol. The van der Waals surface area contributed by atoms with E-state index in [4.69, 9.17) is 36.4 Å². The molecule has 0 heterocycles. The summed E-state index contributed by atoms with van der Waals surface area (Å²) in [7, 11) is 0. The van der Waals surface area contributed by atoms with Gasteiger partial charge in [-0.2, -0.15) is 0 Å². The Kier molecular flexibility index (Phi) is 9.07. The maximum absolute atomic E-state index is 10.3. The summed E-state index contributed by atoms with van der Waals surface area (Å²) in [5.74, 6) is -7.52. The molecule has 0 aromatic carbocycles. The lowest BCUT2D eigenvalue weighted by Gasteiger charge is -2.18. The smallest absolute Gasteiger partial charge is 0.336 e. The van der Waals surface area contributed by atoms with Gasteiger partial charge in [-0.25, -0.2) is 4.79 Å². The second-order valence-electron chi connectivity index (χ2n) is 4.02. The fraction of sp³-hybridized carbons (Fsp3) is 0.500. The highest BCUT2D eigenvalue weighted by atomic mass is 16.4. The van der Waals surface area contributed by atoms with Crippen LogP contribution in [0.4, 0.5) is 0 Å². The van der Waals surface area contributed by atoms with Gasteiger partial charge >= 0.3 is 29.8 Å². The van der Waals surface area contributed by atoms with Gasteiger partial charge in [0.15, 0.2) is 5.60 Å². The number of nitrogens with two attached hydrogens (primary N) is 1. The molecule has 0 aliphatic carbocycles. The van der Waals surface area contributed by atoms with Crippen molar-refractivity contribution in [3.8, 4) is 0 Å². The number of carbonyl (C=O) groups is 5. The summed E-state index contributed by atoms with van der Waals surface area (Å²) >= 11 is 0. The van der Waals surface area contributed by atoms with E-state index in [1.807, 2.05) is 0 Å². The van der Waals surface area contributed by atoms with Crippen molar-refractivity contribution in [3.63, 3.8) is 0 Å². The monoisotopic (exact) mass is 325 g/mol. The molecule has 0 saturated carbocycles. The number of hydrogen-bond donors (Lipinski definition) is 7. The Balaban J connectivity index is 0. The molecule has 0 aromatic rings. The van der Waals surface area contributed by atoms with Gasteiger partial charge in [0, 0.05) is 0 Å². The Hall–Kier alpha value is -2.73. The summed E-state index contributed by atoms with van der Waals surface area (Å²) in [6.45, 7) is 0. The van der Waals surface area contributed by atoms with Gasteiger partial charge in [-0.1, -0.05) is 0 Å². The molecule has 22 heavy (non-hydrogen) atoms. The number of aliphatic carboxylic acids is 5. The number of carboxylic acids is 5. The van der Waals surface area contributed by atoms with Crippen LogP contribution in [0.15, 0.2) is 0 Å². The predicted molar refractivity (Wildman–Crippen MR) is 65.0 cm³/mol. The van der Waals surface area contributed by atoms with Crippen molar-refractivity contribution in [2.45, 2.75) is 30.9 Å². The van der Waals surface area contributed by atoms with Crippen molar-refractivity contribution in [1.29, 1.82) is 0 Å². The van der Waals surface area contributed by atoms with Crippen LogP contribution >= 0.6 is 0 Å². The van der Waals surface area contributed by atoms with Gasteiger partial charge in [0.25, 0.3) is 0 Å². The van der Waals surface area contributed by atoms with Crippen molar-refractivity contribution >= 4 is 29.8 Å². The molecule has 0 spiro atoms. The molecule has 8 N–H and O–H groups in total. The lowest BCUT2D eigenvalue weighted by molar-refractivity contribution is -0.170. The standard InChI is InChI=1S/C6H8O7.C4H7NO4/c7-3(8)1-6(13,5(11)12)2-4(9)10;5-2(4(8)9)1-3(6)7/h13H,1-2H2,(H,7,8)(H,9,10)(H,11,12);2H,1,5H2,(H,6,7)(H,8,9). The van der Waals surface area contributed by atoms with Crippen LogP contribution in [0.5, 0.6) is 0 Å². The molecule has 0 rings (SSSR count). The highest BCUT2D eigenvalue weighted by Gasteiger charge is 2.40. The minimum atomic E-state index is -2.74. The second kappa shape index (κ2) is 9.25. The number of rotatable bonds is 8. The SMILES string of the molecule is NC(CC(=O)O)C(=O)O.O=C(O)CC(O)(CC(=O)O)C(=O)O. The average Bonchev–Trinajstić information content (AvgIpc) is 2.25. The van der Waals surface area contributed by atoms with E-state index in [9.17, 15) is 24.0 Å². The molecule has 0 aliphatic rings. The first-order valence-electron chi connectivity index (χ1n) is 5.41. The summed E-state index contributed by atoms with van der Waals surface area (Å²) < 4.78 is 0. The van der Waals surface area contributed by atoms with E-state index < -0.39 is 60.8 Å². The van der Waals surface area contributed by atoms with Crippen LogP contribution in [0.3, 0.4) is 0 Å². The highest BCUT2D eigenvalue weighted by Crippen LogP contribution is 2.15. The molecule has 0 radical (unpaired) electrons. The van der Waals surface area contributed by atoms with Crippen LogP contribution in [0.1, 0.15) is 19.3 Å². The largest absolute Gasteiger partial charge is 0.481 e. The predicted octanol–water partition coefficient (Wildman–Crippen LogP) is -2.38. The Morgan fingerprint density at radius 2 is 1.18 bits per heavy atom. The maximum atomic E-state index is 10.3. The molecular formula is C10H15NO11. The van der Waals surface area contributed by atoms with Gasteiger partial charge in [0.1, 0.15) is 6.04 Å². The third kappa shape index (κ3) is 10.1. The Bertz CT molecular complexity index is 442. The molecular weight excluding hydrogens is 310 g/mol. The molecule has 0 aromatic heterocycles. The summed E-state index contributed by atoms with van der Waals surface area (Å²) in [5.41, 5.74) is 2.10. The molecule has 0 bridgehead atoms. The van der Waals surface area contributed by atoms with Gasteiger partial charge in [-0.15, -0.1) is 0 Å². The Labute approximate surface area is 122 Å². The zero-order valence-electron chi connectivity index (χ0n) is 11.0. The van der Waals surface area contributed by atoms with Gasteiger partial charge in [-0.05, 0) is 0 Å². The Morgan fingerprint density at radius 3 is 1.32 bits per heavy atom. The fourth-order valence-corrected chi connectivity index (χ4v) is 0.990. The zero-order valence-corrected chi connectivity index (χ0v) is 11.0. The first kappa shape index (κ1) is 21.6. The van der Waals surface area contributed by atoms with E-state index in [1.54, 1.807) is 0 Å². The van der Waals surface area contributed by atoms with Crippen molar-refractivity contribution in [2.75, 3.05) is 0 Å². The van der Waals surface area contributed by atoms with E-state index >= 15 is 0 Å². The second-order valence-corrected chi connectivity index (χ2v) is 4.02. The van der Waals surface area contributed by atoms with E-state index in [0.717, 1.165) is 0 Å². The van der Waals surface area contributed by atoms with Gasteiger partial charge in [0.05, 0.1) is 19.3 Å². The van der Waals surface area contributed by atoms with E-state index in [-0.39, 0.29) is 0 Å². The van der Waals surface area contributed by atoms with Crippen LogP contribution in [0.25, 0.3) is 0 Å².